The SMILES string of the molecule is CCN(C(=O)c1nc(-c2ccco2)sc1C)c1ccccc1. The van der Waals surface area contributed by atoms with Gasteiger partial charge < -0.3 is 9.32 Å². The number of carbonyl (C=O) groups excluding carboxylic acids is 1. The molecule has 0 aliphatic carbocycles. The van der Waals surface area contributed by atoms with Gasteiger partial charge in [0.15, 0.2) is 10.8 Å². The molecule has 1 amide bonds. The largest absolute Gasteiger partial charge is 0.462 e. The Hall–Kier alpha value is -2.40. The number of amides is 1. The van der Waals surface area contributed by atoms with Crippen LogP contribution >= 0.6 is 11.3 Å². The van der Waals surface area contributed by atoms with Gasteiger partial charge in [-0.1, -0.05) is 18.2 Å². The van der Waals surface area contributed by atoms with Crippen LogP contribution in [0.5, 0.6) is 0 Å². The number of aryl methyl sites for hydroxylation is 1. The van der Waals surface area contributed by atoms with Crippen molar-refractivity contribution in [3.05, 3.63) is 59.3 Å². The van der Waals surface area contributed by atoms with Gasteiger partial charge in [-0.05, 0) is 38.1 Å². The van der Waals surface area contributed by atoms with Crippen molar-refractivity contribution in [2.24, 2.45) is 0 Å². The van der Waals surface area contributed by atoms with Crippen molar-refractivity contribution in [2.45, 2.75) is 13.8 Å². The molecule has 112 valence electrons. The number of hydrogen-bond acceptors (Lipinski definition) is 4. The molecule has 0 radical (unpaired) electrons. The molecule has 0 aliphatic rings. The van der Waals surface area contributed by atoms with Crippen molar-refractivity contribution in [3.8, 4) is 10.8 Å². The number of benzene rings is 1. The Morgan fingerprint density at radius 2 is 2.00 bits per heavy atom. The van der Waals surface area contributed by atoms with Crippen LogP contribution in [0.25, 0.3) is 10.8 Å². The summed E-state index contributed by atoms with van der Waals surface area (Å²) in [6.07, 6.45) is 1.61. The molecule has 2 aromatic heterocycles. The molecule has 1 aromatic carbocycles. The first-order valence-electron chi connectivity index (χ1n) is 7.09. The number of para-hydroxylation sites is 1. The fourth-order valence-electron chi connectivity index (χ4n) is 2.28. The highest BCUT2D eigenvalue weighted by Gasteiger charge is 2.22. The molecule has 3 rings (SSSR count). The van der Waals surface area contributed by atoms with Crippen LogP contribution in [-0.2, 0) is 0 Å². The number of thiazole rings is 1. The minimum Gasteiger partial charge on any atom is -0.462 e. The van der Waals surface area contributed by atoms with E-state index in [4.69, 9.17) is 4.42 Å². The van der Waals surface area contributed by atoms with E-state index in [9.17, 15) is 4.79 Å². The summed E-state index contributed by atoms with van der Waals surface area (Å²) >= 11 is 1.47. The number of carbonyl (C=O) groups is 1. The van der Waals surface area contributed by atoms with Gasteiger partial charge in [0.05, 0.1) is 6.26 Å². The maximum absolute atomic E-state index is 12.8. The maximum Gasteiger partial charge on any atom is 0.278 e. The first-order chi connectivity index (χ1) is 10.7. The van der Waals surface area contributed by atoms with Gasteiger partial charge in [0.1, 0.15) is 5.69 Å². The van der Waals surface area contributed by atoms with Gasteiger partial charge in [-0.2, -0.15) is 0 Å². The summed E-state index contributed by atoms with van der Waals surface area (Å²) < 4.78 is 5.36. The zero-order valence-corrected chi connectivity index (χ0v) is 13.3. The zero-order chi connectivity index (χ0) is 15.5. The van der Waals surface area contributed by atoms with Crippen molar-refractivity contribution >= 4 is 22.9 Å². The van der Waals surface area contributed by atoms with Crippen molar-refractivity contribution in [1.82, 2.24) is 4.98 Å². The molecule has 0 fully saturated rings. The van der Waals surface area contributed by atoms with Gasteiger partial charge in [-0.15, -0.1) is 11.3 Å². The lowest BCUT2D eigenvalue weighted by Crippen LogP contribution is -2.31. The summed E-state index contributed by atoms with van der Waals surface area (Å²) in [7, 11) is 0. The normalized spacial score (nSPS) is 10.6. The molecule has 2 heterocycles. The molecule has 0 spiro atoms. The van der Waals surface area contributed by atoms with Crippen LogP contribution in [0.15, 0.2) is 53.1 Å². The molecule has 0 aliphatic heterocycles. The van der Waals surface area contributed by atoms with Gasteiger partial charge >= 0.3 is 0 Å². The maximum atomic E-state index is 12.8. The molecule has 0 saturated carbocycles. The van der Waals surface area contributed by atoms with Crippen molar-refractivity contribution in [3.63, 3.8) is 0 Å². The fraction of sp³-hybridized carbons (Fsp3) is 0.176. The number of nitrogens with zero attached hydrogens (tertiary/aromatic N) is 2. The van der Waals surface area contributed by atoms with Crippen LogP contribution in [0.2, 0.25) is 0 Å². The first kappa shape index (κ1) is 14.5. The third-order valence-corrected chi connectivity index (χ3v) is 4.35. The lowest BCUT2D eigenvalue weighted by Gasteiger charge is -2.20. The van der Waals surface area contributed by atoms with E-state index >= 15 is 0 Å². The number of hydrogen-bond donors (Lipinski definition) is 0. The molecule has 5 heteroatoms. The van der Waals surface area contributed by atoms with E-state index in [1.165, 1.54) is 11.3 Å². The zero-order valence-electron chi connectivity index (χ0n) is 12.4. The Labute approximate surface area is 133 Å². The Morgan fingerprint density at radius 1 is 1.23 bits per heavy atom. The van der Waals surface area contributed by atoms with E-state index < -0.39 is 0 Å². The molecule has 0 bridgehead atoms. The minimum atomic E-state index is -0.0831. The summed E-state index contributed by atoms with van der Waals surface area (Å²) in [6.45, 7) is 4.46. The van der Waals surface area contributed by atoms with E-state index in [0.29, 0.717) is 18.0 Å². The lowest BCUT2D eigenvalue weighted by molar-refractivity contribution is 0.0983. The van der Waals surface area contributed by atoms with E-state index in [1.54, 1.807) is 11.2 Å². The Morgan fingerprint density at radius 3 is 2.64 bits per heavy atom. The fourth-order valence-corrected chi connectivity index (χ4v) is 3.15. The third kappa shape index (κ3) is 2.67. The molecule has 0 atom stereocenters. The monoisotopic (exact) mass is 312 g/mol. The van der Waals surface area contributed by atoms with Crippen LogP contribution in [0, 0.1) is 6.92 Å². The van der Waals surface area contributed by atoms with Crippen LogP contribution in [0.3, 0.4) is 0 Å². The number of aromatic nitrogens is 1. The molecule has 3 aromatic rings. The topological polar surface area (TPSA) is 46.3 Å². The number of anilines is 1. The second-order valence-corrected chi connectivity index (χ2v) is 5.99. The van der Waals surface area contributed by atoms with Crippen molar-refractivity contribution in [1.29, 1.82) is 0 Å². The second-order valence-electron chi connectivity index (χ2n) is 4.79. The minimum absolute atomic E-state index is 0.0831. The highest BCUT2D eigenvalue weighted by atomic mass is 32.1. The van der Waals surface area contributed by atoms with Crippen LogP contribution in [-0.4, -0.2) is 17.4 Å². The molecule has 4 nitrogen and oxygen atoms in total. The summed E-state index contributed by atoms with van der Waals surface area (Å²) in [5.41, 5.74) is 1.36. The molecule has 22 heavy (non-hydrogen) atoms. The summed E-state index contributed by atoms with van der Waals surface area (Å²) in [5, 5.41) is 0.731. The smallest absolute Gasteiger partial charge is 0.278 e. The summed E-state index contributed by atoms with van der Waals surface area (Å²) in [6, 6.07) is 13.3. The first-order valence-corrected chi connectivity index (χ1v) is 7.90. The number of furan rings is 1. The van der Waals surface area contributed by atoms with E-state index in [1.807, 2.05) is 56.3 Å². The Bertz CT molecular complexity index is 763. The lowest BCUT2D eigenvalue weighted by atomic mass is 10.2. The van der Waals surface area contributed by atoms with Crippen LogP contribution < -0.4 is 4.90 Å². The molecule has 0 saturated heterocycles. The molecular weight excluding hydrogens is 296 g/mol. The van der Waals surface area contributed by atoms with Crippen molar-refractivity contribution < 1.29 is 9.21 Å². The van der Waals surface area contributed by atoms with Gasteiger partial charge in [0, 0.05) is 17.1 Å². The predicted octanol–water partition coefficient (Wildman–Crippen LogP) is 4.38. The predicted molar refractivity (Wildman–Crippen MR) is 88.3 cm³/mol. The molecular formula is C17H16N2O2S. The Kier molecular flexibility index (Phi) is 4.06. The summed E-state index contributed by atoms with van der Waals surface area (Å²) in [5.74, 6) is 0.607. The van der Waals surface area contributed by atoms with Gasteiger partial charge in [0.2, 0.25) is 0 Å². The molecule has 0 unspecified atom stereocenters. The third-order valence-electron chi connectivity index (χ3n) is 3.36. The quantitative estimate of drug-likeness (QED) is 0.718. The van der Waals surface area contributed by atoms with Gasteiger partial charge in [-0.3, -0.25) is 4.79 Å². The second kappa shape index (κ2) is 6.15. The molecule has 0 N–H and O–H groups in total. The van der Waals surface area contributed by atoms with Gasteiger partial charge in [-0.25, -0.2) is 4.98 Å². The van der Waals surface area contributed by atoms with Crippen LogP contribution in [0.4, 0.5) is 5.69 Å². The van der Waals surface area contributed by atoms with E-state index in [0.717, 1.165) is 15.6 Å². The summed E-state index contributed by atoms with van der Waals surface area (Å²) in [4.78, 5) is 19.9. The Balaban J connectivity index is 1.95. The number of rotatable bonds is 4. The van der Waals surface area contributed by atoms with E-state index in [-0.39, 0.29) is 5.91 Å². The highest BCUT2D eigenvalue weighted by molar-refractivity contribution is 7.15. The average molecular weight is 312 g/mol. The standard InChI is InChI=1S/C17H16N2O2S/c1-3-19(13-8-5-4-6-9-13)17(20)15-12(2)22-16(18-15)14-10-7-11-21-14/h4-11H,3H2,1-2H3. The highest BCUT2D eigenvalue weighted by Crippen LogP contribution is 2.29. The van der Waals surface area contributed by atoms with Gasteiger partial charge in [0.25, 0.3) is 5.91 Å². The van der Waals surface area contributed by atoms with Crippen LogP contribution in [0.1, 0.15) is 22.3 Å². The van der Waals surface area contributed by atoms with Crippen molar-refractivity contribution in [2.75, 3.05) is 11.4 Å². The average Bonchev–Trinajstić information content (AvgIpc) is 3.18. The van der Waals surface area contributed by atoms with E-state index in [2.05, 4.69) is 4.98 Å².